The van der Waals surface area contributed by atoms with Crippen LogP contribution in [0.1, 0.15) is 13.3 Å². The fourth-order valence-electron chi connectivity index (χ4n) is 1.76. The van der Waals surface area contributed by atoms with Crippen molar-refractivity contribution in [3.63, 3.8) is 0 Å². The number of aliphatic carboxylic acids is 1. The Hall–Kier alpha value is -1.10. The van der Waals surface area contributed by atoms with E-state index in [-0.39, 0.29) is 18.5 Å². The van der Waals surface area contributed by atoms with Gasteiger partial charge in [0.2, 0.25) is 5.91 Å². The molecular weight excluding hydrogens is 172 g/mol. The average Bonchev–Trinajstić information content (AvgIpc) is 2.32. The minimum Gasteiger partial charge on any atom is -0.481 e. The summed E-state index contributed by atoms with van der Waals surface area (Å²) in [4.78, 5) is 23.1. The maximum absolute atomic E-state index is 10.7. The minimum absolute atomic E-state index is 0.0926. The normalized spacial score (nSPS) is 29.0. The van der Waals surface area contributed by atoms with Crippen molar-refractivity contribution in [3.05, 3.63) is 0 Å². The van der Waals surface area contributed by atoms with Gasteiger partial charge in [0.15, 0.2) is 0 Å². The molecule has 2 unspecified atom stereocenters. The molecule has 0 saturated carbocycles. The fourth-order valence-corrected chi connectivity index (χ4v) is 1.76. The zero-order chi connectivity index (χ0) is 10.0. The molecule has 5 nitrogen and oxygen atoms in total. The number of carbonyl (C=O) groups is 2. The smallest absolute Gasteiger partial charge is 0.308 e. The Morgan fingerprint density at radius 2 is 2.23 bits per heavy atom. The van der Waals surface area contributed by atoms with E-state index in [4.69, 9.17) is 10.8 Å². The van der Waals surface area contributed by atoms with Crippen LogP contribution in [-0.2, 0) is 9.59 Å². The monoisotopic (exact) mass is 186 g/mol. The number of carbonyl (C=O) groups excluding carboxylic acids is 1. The standard InChI is InChI=1S/C8H14N2O3/c1-5-6(8(12)13)2-3-10(5)4-7(9)11/h5-6H,2-4H2,1H3,(H2,9,11)(H,12,13). The second-order valence-electron chi connectivity index (χ2n) is 3.41. The zero-order valence-electron chi connectivity index (χ0n) is 7.56. The van der Waals surface area contributed by atoms with E-state index in [0.29, 0.717) is 13.0 Å². The number of carboxylic acids is 1. The second-order valence-corrected chi connectivity index (χ2v) is 3.41. The van der Waals surface area contributed by atoms with Gasteiger partial charge in [-0.05, 0) is 19.9 Å². The molecule has 1 rings (SSSR count). The van der Waals surface area contributed by atoms with Crippen LogP contribution in [-0.4, -0.2) is 41.0 Å². The van der Waals surface area contributed by atoms with Crippen LogP contribution in [0.3, 0.4) is 0 Å². The summed E-state index contributed by atoms with van der Waals surface area (Å²) in [7, 11) is 0. The molecule has 13 heavy (non-hydrogen) atoms. The molecule has 1 aliphatic heterocycles. The second kappa shape index (κ2) is 3.74. The van der Waals surface area contributed by atoms with E-state index < -0.39 is 11.9 Å². The maximum atomic E-state index is 10.7. The first-order chi connectivity index (χ1) is 6.02. The van der Waals surface area contributed by atoms with Gasteiger partial charge in [-0.2, -0.15) is 0 Å². The Bertz CT molecular complexity index is 229. The number of rotatable bonds is 3. The van der Waals surface area contributed by atoms with E-state index >= 15 is 0 Å². The Balaban J connectivity index is 2.54. The number of carboxylic acid groups (broad SMARTS) is 1. The van der Waals surface area contributed by atoms with E-state index in [2.05, 4.69) is 0 Å². The van der Waals surface area contributed by atoms with Crippen molar-refractivity contribution in [2.75, 3.05) is 13.1 Å². The molecule has 0 aromatic carbocycles. The van der Waals surface area contributed by atoms with Crippen molar-refractivity contribution in [3.8, 4) is 0 Å². The summed E-state index contributed by atoms with van der Waals surface area (Å²) in [6.45, 7) is 2.61. The van der Waals surface area contributed by atoms with Crippen LogP contribution < -0.4 is 5.73 Å². The quantitative estimate of drug-likeness (QED) is 0.608. The molecule has 1 aliphatic rings. The summed E-state index contributed by atoms with van der Waals surface area (Å²) >= 11 is 0. The average molecular weight is 186 g/mol. The Kier molecular flexibility index (Phi) is 2.87. The highest BCUT2D eigenvalue weighted by Crippen LogP contribution is 2.23. The van der Waals surface area contributed by atoms with Gasteiger partial charge in [-0.15, -0.1) is 0 Å². The van der Waals surface area contributed by atoms with Crippen LogP contribution in [0, 0.1) is 5.92 Å². The molecule has 1 fully saturated rings. The third-order valence-corrected chi connectivity index (χ3v) is 2.56. The molecule has 0 bridgehead atoms. The first-order valence-electron chi connectivity index (χ1n) is 4.27. The molecule has 74 valence electrons. The van der Waals surface area contributed by atoms with Gasteiger partial charge in [0.05, 0.1) is 12.5 Å². The van der Waals surface area contributed by atoms with E-state index in [0.717, 1.165) is 0 Å². The van der Waals surface area contributed by atoms with Gasteiger partial charge < -0.3 is 10.8 Å². The van der Waals surface area contributed by atoms with Crippen molar-refractivity contribution in [1.29, 1.82) is 0 Å². The Morgan fingerprint density at radius 1 is 1.62 bits per heavy atom. The summed E-state index contributed by atoms with van der Waals surface area (Å²) < 4.78 is 0. The van der Waals surface area contributed by atoms with Crippen LogP contribution in [0.5, 0.6) is 0 Å². The van der Waals surface area contributed by atoms with Crippen LogP contribution in [0.2, 0.25) is 0 Å². The van der Waals surface area contributed by atoms with Crippen LogP contribution in [0.15, 0.2) is 0 Å². The van der Waals surface area contributed by atoms with Gasteiger partial charge >= 0.3 is 5.97 Å². The van der Waals surface area contributed by atoms with E-state index in [1.54, 1.807) is 4.90 Å². The lowest BCUT2D eigenvalue weighted by atomic mass is 10.0. The SMILES string of the molecule is CC1C(C(=O)O)CCN1CC(N)=O. The van der Waals surface area contributed by atoms with Gasteiger partial charge in [0, 0.05) is 6.04 Å². The molecule has 0 aliphatic carbocycles. The minimum atomic E-state index is -0.792. The van der Waals surface area contributed by atoms with Crippen molar-refractivity contribution in [2.45, 2.75) is 19.4 Å². The third kappa shape index (κ3) is 2.18. The molecule has 1 saturated heterocycles. The number of hydrogen-bond acceptors (Lipinski definition) is 3. The Morgan fingerprint density at radius 3 is 2.62 bits per heavy atom. The number of amides is 1. The number of nitrogens with two attached hydrogens (primary N) is 1. The van der Waals surface area contributed by atoms with Crippen molar-refractivity contribution in [1.82, 2.24) is 4.90 Å². The highest BCUT2D eigenvalue weighted by atomic mass is 16.4. The largest absolute Gasteiger partial charge is 0.481 e. The van der Waals surface area contributed by atoms with Crippen LogP contribution in [0.4, 0.5) is 0 Å². The molecule has 1 heterocycles. The molecule has 2 atom stereocenters. The summed E-state index contributed by atoms with van der Waals surface area (Å²) in [6, 6.07) is -0.0926. The summed E-state index contributed by atoms with van der Waals surface area (Å²) in [6.07, 6.45) is 0.601. The van der Waals surface area contributed by atoms with E-state index in [9.17, 15) is 9.59 Å². The molecule has 5 heteroatoms. The predicted molar refractivity (Wildman–Crippen MR) is 46.0 cm³/mol. The number of nitrogens with zero attached hydrogens (tertiary/aromatic N) is 1. The highest BCUT2D eigenvalue weighted by Gasteiger charge is 2.35. The van der Waals surface area contributed by atoms with Gasteiger partial charge in [-0.25, -0.2) is 0 Å². The highest BCUT2D eigenvalue weighted by molar-refractivity contribution is 5.76. The lowest BCUT2D eigenvalue weighted by molar-refractivity contribution is -0.142. The molecule has 0 radical (unpaired) electrons. The number of hydrogen-bond donors (Lipinski definition) is 2. The zero-order valence-corrected chi connectivity index (χ0v) is 7.56. The van der Waals surface area contributed by atoms with Gasteiger partial charge in [-0.3, -0.25) is 14.5 Å². The van der Waals surface area contributed by atoms with E-state index in [1.807, 2.05) is 6.92 Å². The topological polar surface area (TPSA) is 83.6 Å². The van der Waals surface area contributed by atoms with Crippen LogP contribution >= 0.6 is 0 Å². The maximum Gasteiger partial charge on any atom is 0.308 e. The predicted octanol–water partition coefficient (Wildman–Crippen LogP) is -0.733. The molecule has 1 amide bonds. The van der Waals surface area contributed by atoms with Crippen molar-refractivity contribution in [2.24, 2.45) is 11.7 Å². The summed E-state index contributed by atoms with van der Waals surface area (Å²) in [5.41, 5.74) is 5.03. The fraction of sp³-hybridized carbons (Fsp3) is 0.750. The lowest BCUT2D eigenvalue weighted by Crippen LogP contribution is -2.38. The number of primary amides is 1. The van der Waals surface area contributed by atoms with Crippen molar-refractivity contribution < 1.29 is 14.7 Å². The summed E-state index contributed by atoms with van der Waals surface area (Å²) in [5.74, 6) is -1.56. The molecule has 0 spiro atoms. The first kappa shape index (κ1) is 9.98. The molecule has 0 aromatic rings. The summed E-state index contributed by atoms with van der Waals surface area (Å²) in [5, 5.41) is 8.79. The number of likely N-dealkylation sites (tertiary alicyclic amines) is 1. The van der Waals surface area contributed by atoms with Gasteiger partial charge in [0.1, 0.15) is 0 Å². The Labute approximate surface area is 76.5 Å². The molecule has 0 aromatic heterocycles. The van der Waals surface area contributed by atoms with Gasteiger partial charge in [0.25, 0.3) is 0 Å². The van der Waals surface area contributed by atoms with Gasteiger partial charge in [-0.1, -0.05) is 0 Å². The van der Waals surface area contributed by atoms with Crippen LogP contribution in [0.25, 0.3) is 0 Å². The molecular formula is C8H14N2O3. The van der Waals surface area contributed by atoms with Crippen molar-refractivity contribution >= 4 is 11.9 Å². The molecule has 3 N–H and O–H groups in total. The van der Waals surface area contributed by atoms with E-state index in [1.165, 1.54) is 0 Å². The first-order valence-corrected chi connectivity index (χ1v) is 4.27. The lowest BCUT2D eigenvalue weighted by Gasteiger charge is -2.20. The third-order valence-electron chi connectivity index (χ3n) is 2.56.